The predicted octanol–water partition coefficient (Wildman–Crippen LogP) is 3.15. The first-order valence-electron chi connectivity index (χ1n) is 4.99. The maximum absolute atomic E-state index is 3.97. The Bertz CT molecular complexity index is 461. The standard InChI is InChI=1S/C14H12N2/c1-11-5-3-7-13(11)9-15-16-10-14-8-4-6-12(14)2/h3-10H,1-2H2/b15-9+,16-10+. The van der Waals surface area contributed by atoms with E-state index in [0.29, 0.717) is 0 Å². The molecular formula is C14H12N2. The molecule has 0 heterocycles. The predicted molar refractivity (Wildman–Crippen MR) is 69.7 cm³/mol. The highest BCUT2D eigenvalue weighted by Crippen LogP contribution is 2.15. The molecule has 78 valence electrons. The Morgan fingerprint density at radius 1 is 0.812 bits per heavy atom. The van der Waals surface area contributed by atoms with E-state index in [9.17, 15) is 0 Å². The van der Waals surface area contributed by atoms with Crippen LogP contribution in [0.15, 0.2) is 82.1 Å². The molecule has 0 aromatic heterocycles. The third-order valence-corrected chi connectivity index (χ3v) is 2.35. The van der Waals surface area contributed by atoms with Gasteiger partial charge in [-0.2, -0.15) is 10.2 Å². The summed E-state index contributed by atoms with van der Waals surface area (Å²) in [7, 11) is 0. The van der Waals surface area contributed by atoms with Crippen LogP contribution < -0.4 is 0 Å². The van der Waals surface area contributed by atoms with Crippen molar-refractivity contribution in [1.82, 2.24) is 0 Å². The summed E-state index contributed by atoms with van der Waals surface area (Å²) in [5, 5.41) is 7.93. The van der Waals surface area contributed by atoms with Crippen molar-refractivity contribution in [2.24, 2.45) is 10.2 Å². The molecule has 0 fully saturated rings. The molecule has 2 rings (SSSR count). The molecule has 0 spiro atoms. The van der Waals surface area contributed by atoms with Gasteiger partial charge in [-0.3, -0.25) is 0 Å². The fourth-order valence-corrected chi connectivity index (χ4v) is 1.39. The van der Waals surface area contributed by atoms with Crippen LogP contribution in [0.25, 0.3) is 0 Å². The van der Waals surface area contributed by atoms with E-state index < -0.39 is 0 Å². The molecule has 0 saturated heterocycles. The molecule has 0 aromatic carbocycles. The molecule has 0 unspecified atom stereocenters. The third-order valence-electron chi connectivity index (χ3n) is 2.35. The van der Waals surface area contributed by atoms with Crippen LogP contribution in [0.2, 0.25) is 0 Å². The Labute approximate surface area is 95.1 Å². The van der Waals surface area contributed by atoms with Crippen LogP contribution in [-0.2, 0) is 0 Å². The summed E-state index contributed by atoms with van der Waals surface area (Å²) >= 11 is 0. The molecule has 0 N–H and O–H groups in total. The minimum atomic E-state index is 0.963. The topological polar surface area (TPSA) is 24.7 Å². The van der Waals surface area contributed by atoms with Gasteiger partial charge in [-0.1, -0.05) is 49.6 Å². The third kappa shape index (κ3) is 2.23. The Hall–Kier alpha value is -2.22. The first kappa shape index (κ1) is 10.3. The molecule has 0 aromatic rings. The molecule has 16 heavy (non-hydrogen) atoms. The first-order valence-corrected chi connectivity index (χ1v) is 4.99. The molecule has 2 heteroatoms. The summed E-state index contributed by atoms with van der Waals surface area (Å²) in [5.41, 5.74) is 3.92. The van der Waals surface area contributed by atoms with E-state index in [4.69, 9.17) is 0 Å². The highest BCUT2D eigenvalue weighted by molar-refractivity contribution is 5.90. The fraction of sp³-hybridized carbons (Fsp3) is 0. The quantitative estimate of drug-likeness (QED) is 0.503. The zero-order valence-corrected chi connectivity index (χ0v) is 8.93. The maximum Gasteiger partial charge on any atom is 0.0573 e. The Morgan fingerprint density at radius 3 is 1.56 bits per heavy atom. The van der Waals surface area contributed by atoms with E-state index >= 15 is 0 Å². The Morgan fingerprint density at radius 2 is 1.25 bits per heavy atom. The average Bonchev–Trinajstić information content (AvgIpc) is 2.84. The lowest BCUT2D eigenvalue weighted by Gasteiger charge is -1.93. The molecule has 0 aliphatic heterocycles. The second kappa shape index (κ2) is 4.53. The van der Waals surface area contributed by atoms with Crippen molar-refractivity contribution in [3.63, 3.8) is 0 Å². The Balaban J connectivity index is 1.93. The summed E-state index contributed by atoms with van der Waals surface area (Å²) in [6.07, 6.45) is 15.1. The number of hydrogen-bond donors (Lipinski definition) is 0. The van der Waals surface area contributed by atoms with E-state index in [-0.39, 0.29) is 0 Å². The van der Waals surface area contributed by atoms with E-state index in [1.807, 2.05) is 36.5 Å². The molecule has 2 aliphatic rings. The number of nitrogens with zero attached hydrogens (tertiary/aromatic N) is 2. The monoisotopic (exact) mass is 208 g/mol. The van der Waals surface area contributed by atoms with Crippen molar-refractivity contribution >= 4 is 12.4 Å². The van der Waals surface area contributed by atoms with Gasteiger partial charge in [0, 0.05) is 11.1 Å². The number of allylic oxidation sites excluding steroid dienone is 10. The molecule has 0 bridgehead atoms. The zero-order valence-electron chi connectivity index (χ0n) is 8.93. The van der Waals surface area contributed by atoms with Gasteiger partial charge in [-0.15, -0.1) is 0 Å². The van der Waals surface area contributed by atoms with Crippen LogP contribution in [0.5, 0.6) is 0 Å². The summed E-state index contributed by atoms with van der Waals surface area (Å²) < 4.78 is 0. The van der Waals surface area contributed by atoms with Gasteiger partial charge >= 0.3 is 0 Å². The number of rotatable bonds is 3. The van der Waals surface area contributed by atoms with Crippen LogP contribution >= 0.6 is 0 Å². The molecule has 0 amide bonds. The van der Waals surface area contributed by atoms with Crippen molar-refractivity contribution in [1.29, 1.82) is 0 Å². The van der Waals surface area contributed by atoms with E-state index in [1.54, 1.807) is 12.4 Å². The van der Waals surface area contributed by atoms with Gasteiger partial charge in [-0.05, 0) is 11.1 Å². The van der Waals surface area contributed by atoms with Gasteiger partial charge in [0.1, 0.15) is 0 Å². The largest absolute Gasteiger partial charge is 0.158 e. The van der Waals surface area contributed by atoms with Gasteiger partial charge in [0.25, 0.3) is 0 Å². The Kier molecular flexibility index (Phi) is 2.92. The van der Waals surface area contributed by atoms with Crippen LogP contribution in [0.3, 0.4) is 0 Å². The van der Waals surface area contributed by atoms with E-state index in [2.05, 4.69) is 23.4 Å². The summed E-state index contributed by atoms with van der Waals surface area (Å²) in [5.74, 6) is 0. The summed E-state index contributed by atoms with van der Waals surface area (Å²) in [6, 6.07) is 0. The fourth-order valence-electron chi connectivity index (χ4n) is 1.39. The van der Waals surface area contributed by atoms with Crippen molar-refractivity contribution in [3.8, 4) is 0 Å². The van der Waals surface area contributed by atoms with Gasteiger partial charge < -0.3 is 0 Å². The average molecular weight is 208 g/mol. The van der Waals surface area contributed by atoms with Crippen LogP contribution in [0.4, 0.5) is 0 Å². The first-order chi connectivity index (χ1) is 7.77. The van der Waals surface area contributed by atoms with E-state index in [0.717, 1.165) is 22.3 Å². The molecule has 0 radical (unpaired) electrons. The van der Waals surface area contributed by atoms with Gasteiger partial charge in [0.15, 0.2) is 0 Å². The maximum atomic E-state index is 3.97. The highest BCUT2D eigenvalue weighted by atomic mass is 15.2. The molecule has 2 aliphatic carbocycles. The van der Waals surface area contributed by atoms with Crippen LogP contribution in [0.1, 0.15) is 0 Å². The normalized spacial score (nSPS) is 19.2. The van der Waals surface area contributed by atoms with Crippen molar-refractivity contribution < 1.29 is 0 Å². The van der Waals surface area contributed by atoms with Gasteiger partial charge in [-0.25, -0.2) is 0 Å². The summed E-state index contributed by atoms with van der Waals surface area (Å²) in [6.45, 7) is 7.74. The highest BCUT2D eigenvalue weighted by Gasteiger charge is 2.00. The second-order valence-corrected chi connectivity index (χ2v) is 3.50. The minimum absolute atomic E-state index is 0.963. The smallest absolute Gasteiger partial charge is 0.0573 e. The lowest BCUT2D eigenvalue weighted by molar-refractivity contribution is 1.26. The van der Waals surface area contributed by atoms with E-state index in [1.165, 1.54) is 0 Å². The number of hydrogen-bond acceptors (Lipinski definition) is 2. The van der Waals surface area contributed by atoms with Crippen molar-refractivity contribution in [3.05, 3.63) is 71.9 Å². The van der Waals surface area contributed by atoms with Gasteiger partial charge in [0.2, 0.25) is 0 Å². The van der Waals surface area contributed by atoms with Crippen molar-refractivity contribution in [2.45, 2.75) is 0 Å². The zero-order chi connectivity index (χ0) is 11.4. The van der Waals surface area contributed by atoms with Gasteiger partial charge in [0.05, 0.1) is 12.4 Å². The lowest BCUT2D eigenvalue weighted by Crippen LogP contribution is -1.84. The molecular weight excluding hydrogens is 196 g/mol. The molecule has 0 atom stereocenters. The molecule has 2 nitrogen and oxygen atoms in total. The molecule has 0 saturated carbocycles. The summed E-state index contributed by atoms with van der Waals surface area (Å²) in [4.78, 5) is 0. The second-order valence-electron chi connectivity index (χ2n) is 3.50. The lowest BCUT2D eigenvalue weighted by atomic mass is 10.2. The van der Waals surface area contributed by atoms with Crippen LogP contribution in [-0.4, -0.2) is 12.4 Å². The van der Waals surface area contributed by atoms with Crippen LogP contribution in [0, 0.1) is 0 Å². The SMILES string of the molecule is C=C1C=CC=C1/C=N/N=C/C1=CC=CC1=C. The van der Waals surface area contributed by atoms with Crippen molar-refractivity contribution in [2.75, 3.05) is 0 Å². The minimum Gasteiger partial charge on any atom is -0.158 e.